The minimum atomic E-state index is -3.61. The number of nitrogens with one attached hydrogen (secondary N) is 1. The summed E-state index contributed by atoms with van der Waals surface area (Å²) >= 11 is 0. The average Bonchev–Trinajstić information content (AvgIpc) is 3.06. The van der Waals surface area contributed by atoms with E-state index >= 15 is 0 Å². The van der Waals surface area contributed by atoms with Crippen LogP contribution >= 0.6 is 0 Å². The Kier molecular flexibility index (Phi) is 2.74. The maximum Gasteiger partial charge on any atom is 0.263 e. The number of rotatable bonds is 3. The van der Waals surface area contributed by atoms with Crippen LogP contribution in [0.4, 0.5) is 4.39 Å². The highest BCUT2D eigenvalue weighted by Gasteiger charge is 2.35. The molecule has 1 unspecified atom stereocenters. The molecule has 1 atom stereocenters. The number of fused-ring (bicyclic) bond motifs is 1. The zero-order valence-corrected chi connectivity index (χ0v) is 11.1. The molecule has 1 aliphatic carbocycles. The van der Waals surface area contributed by atoms with E-state index in [1.54, 1.807) is 6.07 Å². The second-order valence-corrected chi connectivity index (χ2v) is 6.26. The number of hydrogen-bond donors (Lipinski definition) is 1. The normalized spacial score (nSPS) is 23.8. The molecule has 1 heterocycles. The van der Waals surface area contributed by atoms with Crippen molar-refractivity contribution in [2.45, 2.75) is 37.1 Å². The number of halogens is 1. The second-order valence-electron chi connectivity index (χ2n) is 4.60. The topological polar surface area (TPSA) is 67.8 Å². The number of alkyl halides is 1. The molecule has 1 aromatic carbocycles. The molecule has 102 valence electrons. The van der Waals surface area contributed by atoms with Crippen molar-refractivity contribution < 1.29 is 17.5 Å². The predicted octanol–water partition coefficient (Wildman–Crippen LogP) is 1.58. The van der Waals surface area contributed by atoms with Crippen LogP contribution in [-0.2, 0) is 10.0 Å². The van der Waals surface area contributed by atoms with Gasteiger partial charge in [0.15, 0.2) is 0 Å². The fraction of sp³-hybridized carbons (Fsp3) is 0.417. The van der Waals surface area contributed by atoms with Crippen molar-refractivity contribution in [3.05, 3.63) is 23.8 Å². The van der Waals surface area contributed by atoms with E-state index in [-0.39, 0.29) is 22.5 Å². The number of amidine groups is 1. The standard InChI is InChI=1S/C12H13FN2O3S/c1-7(13)18-9-3-2-4-10-11(9)12(14-8-5-6-8)15-19(10,16)17/h2-4,7-8H,5-6H2,1H3,(H,14,15). The van der Waals surface area contributed by atoms with Gasteiger partial charge in [-0.25, -0.2) is 12.8 Å². The number of aliphatic imine (C=N–C) groups is 1. The van der Waals surface area contributed by atoms with Gasteiger partial charge in [-0.05, 0) is 25.0 Å². The quantitative estimate of drug-likeness (QED) is 0.916. The fourth-order valence-corrected chi connectivity index (χ4v) is 3.19. The lowest BCUT2D eigenvalue weighted by Crippen LogP contribution is -2.23. The monoisotopic (exact) mass is 284 g/mol. The van der Waals surface area contributed by atoms with Gasteiger partial charge in [-0.15, -0.1) is 0 Å². The van der Waals surface area contributed by atoms with E-state index in [2.05, 4.69) is 9.71 Å². The Morgan fingerprint density at radius 1 is 1.47 bits per heavy atom. The first-order valence-electron chi connectivity index (χ1n) is 6.02. The zero-order valence-electron chi connectivity index (χ0n) is 10.3. The summed E-state index contributed by atoms with van der Waals surface area (Å²) in [5, 5.41) is 0. The first-order valence-corrected chi connectivity index (χ1v) is 7.50. The Bertz CT molecular complexity index is 651. The van der Waals surface area contributed by atoms with Gasteiger partial charge in [0.05, 0.1) is 11.6 Å². The van der Waals surface area contributed by atoms with Crippen LogP contribution in [0, 0.1) is 0 Å². The van der Waals surface area contributed by atoms with Gasteiger partial charge >= 0.3 is 0 Å². The molecule has 1 fully saturated rings. The highest BCUT2D eigenvalue weighted by atomic mass is 32.2. The fourth-order valence-electron chi connectivity index (χ4n) is 1.95. The number of benzene rings is 1. The van der Waals surface area contributed by atoms with Gasteiger partial charge < -0.3 is 4.74 Å². The Labute approximate surface area is 110 Å². The minimum Gasteiger partial charge on any atom is -0.460 e. The molecular formula is C12H13FN2O3S. The van der Waals surface area contributed by atoms with Gasteiger partial charge in [0.1, 0.15) is 16.5 Å². The third-order valence-corrected chi connectivity index (χ3v) is 4.27. The molecule has 7 heteroatoms. The van der Waals surface area contributed by atoms with Crippen LogP contribution in [0.15, 0.2) is 28.1 Å². The summed E-state index contributed by atoms with van der Waals surface area (Å²) in [6.45, 7) is 1.24. The van der Waals surface area contributed by atoms with Gasteiger partial charge in [0.2, 0.25) is 6.36 Å². The summed E-state index contributed by atoms with van der Waals surface area (Å²) in [5.74, 6) is 0.453. The molecule has 0 bridgehead atoms. The van der Waals surface area contributed by atoms with Crippen LogP contribution < -0.4 is 9.46 Å². The molecule has 0 spiro atoms. The van der Waals surface area contributed by atoms with Crippen molar-refractivity contribution >= 4 is 15.9 Å². The molecule has 0 aromatic heterocycles. The number of nitrogens with zero attached hydrogens (tertiary/aromatic N) is 1. The summed E-state index contributed by atoms with van der Waals surface area (Å²) in [6.07, 6.45) is 0.378. The van der Waals surface area contributed by atoms with Gasteiger partial charge in [-0.2, -0.15) is 0 Å². The van der Waals surface area contributed by atoms with E-state index in [1.165, 1.54) is 19.1 Å². The van der Waals surface area contributed by atoms with Gasteiger partial charge in [0.25, 0.3) is 10.0 Å². The molecule has 0 saturated heterocycles. The van der Waals surface area contributed by atoms with E-state index in [0.717, 1.165) is 12.8 Å². The van der Waals surface area contributed by atoms with Crippen molar-refractivity contribution in [3.63, 3.8) is 0 Å². The van der Waals surface area contributed by atoms with E-state index in [1.807, 2.05) is 0 Å². The molecule has 3 rings (SSSR count). The van der Waals surface area contributed by atoms with Crippen molar-refractivity contribution in [1.29, 1.82) is 0 Å². The van der Waals surface area contributed by atoms with Crippen molar-refractivity contribution in [2.24, 2.45) is 4.99 Å². The van der Waals surface area contributed by atoms with Crippen molar-refractivity contribution in [3.8, 4) is 5.75 Å². The molecule has 0 radical (unpaired) electrons. The van der Waals surface area contributed by atoms with Gasteiger partial charge in [-0.3, -0.25) is 9.71 Å². The van der Waals surface area contributed by atoms with Crippen LogP contribution in [0.1, 0.15) is 25.3 Å². The van der Waals surface area contributed by atoms with Crippen LogP contribution in [0.5, 0.6) is 5.75 Å². The second kappa shape index (κ2) is 4.19. The van der Waals surface area contributed by atoms with Gasteiger partial charge in [-0.1, -0.05) is 6.07 Å². The smallest absolute Gasteiger partial charge is 0.263 e. The Morgan fingerprint density at radius 2 is 2.21 bits per heavy atom. The molecule has 1 N–H and O–H groups in total. The summed E-state index contributed by atoms with van der Waals surface area (Å²) in [5.41, 5.74) is 0.332. The van der Waals surface area contributed by atoms with Crippen LogP contribution in [0.25, 0.3) is 0 Å². The number of ether oxygens (including phenoxy) is 1. The molecule has 2 aliphatic rings. The Hall–Kier alpha value is -1.63. The molecule has 1 aromatic rings. The molecule has 5 nitrogen and oxygen atoms in total. The SMILES string of the molecule is CC(F)Oc1cccc2c1C(=NC1CC1)NS2(=O)=O. The first-order chi connectivity index (χ1) is 8.97. The summed E-state index contributed by atoms with van der Waals surface area (Å²) in [7, 11) is -3.61. The number of sulfonamides is 1. The zero-order chi connectivity index (χ0) is 13.6. The van der Waals surface area contributed by atoms with Crippen LogP contribution in [0.3, 0.4) is 0 Å². The lowest BCUT2D eigenvalue weighted by Gasteiger charge is -2.10. The first kappa shape index (κ1) is 12.4. The molecule has 0 amide bonds. The third-order valence-electron chi connectivity index (χ3n) is 2.89. The highest BCUT2D eigenvalue weighted by molar-refractivity contribution is 7.90. The van der Waals surface area contributed by atoms with E-state index in [0.29, 0.717) is 5.56 Å². The van der Waals surface area contributed by atoms with Gasteiger partial charge in [0, 0.05) is 6.92 Å². The summed E-state index contributed by atoms with van der Waals surface area (Å²) < 4.78 is 44.4. The lowest BCUT2D eigenvalue weighted by molar-refractivity contribution is 0.0856. The van der Waals surface area contributed by atoms with Crippen molar-refractivity contribution in [2.75, 3.05) is 0 Å². The maximum absolute atomic E-state index is 13.0. The summed E-state index contributed by atoms with van der Waals surface area (Å²) in [4.78, 5) is 4.40. The predicted molar refractivity (Wildman–Crippen MR) is 67.5 cm³/mol. The largest absolute Gasteiger partial charge is 0.460 e. The van der Waals surface area contributed by atoms with E-state index < -0.39 is 16.4 Å². The number of hydrogen-bond acceptors (Lipinski definition) is 4. The van der Waals surface area contributed by atoms with Crippen LogP contribution in [0.2, 0.25) is 0 Å². The average molecular weight is 284 g/mol. The molecular weight excluding hydrogens is 271 g/mol. The Balaban J connectivity index is 2.14. The lowest BCUT2D eigenvalue weighted by atomic mass is 10.2. The van der Waals surface area contributed by atoms with E-state index in [4.69, 9.17) is 4.74 Å². The van der Waals surface area contributed by atoms with Crippen molar-refractivity contribution in [1.82, 2.24) is 4.72 Å². The molecule has 19 heavy (non-hydrogen) atoms. The highest BCUT2D eigenvalue weighted by Crippen LogP contribution is 2.34. The maximum atomic E-state index is 13.0. The molecule has 1 aliphatic heterocycles. The molecule has 1 saturated carbocycles. The Morgan fingerprint density at radius 3 is 2.84 bits per heavy atom. The third kappa shape index (κ3) is 2.30. The summed E-state index contributed by atoms with van der Waals surface area (Å²) in [6, 6.07) is 4.68. The van der Waals surface area contributed by atoms with E-state index in [9.17, 15) is 12.8 Å². The van der Waals surface area contributed by atoms with Crippen LogP contribution in [-0.4, -0.2) is 26.7 Å². The minimum absolute atomic E-state index is 0.0880.